The van der Waals surface area contributed by atoms with Crippen molar-refractivity contribution in [3.8, 4) is 6.07 Å². The molecule has 208 valence electrons. The van der Waals surface area contributed by atoms with Gasteiger partial charge in [0.15, 0.2) is 5.65 Å². The number of rotatable bonds is 8. The second-order valence-corrected chi connectivity index (χ2v) is 11.5. The van der Waals surface area contributed by atoms with E-state index in [4.69, 9.17) is 16.6 Å². The summed E-state index contributed by atoms with van der Waals surface area (Å²) in [7, 11) is 2.08. The van der Waals surface area contributed by atoms with Crippen LogP contribution in [0.1, 0.15) is 12.0 Å². The summed E-state index contributed by atoms with van der Waals surface area (Å²) < 4.78 is 1.77. The predicted octanol–water partition coefficient (Wildman–Crippen LogP) is 2.19. The maximum atomic E-state index is 12.7. The van der Waals surface area contributed by atoms with Crippen LogP contribution in [0.15, 0.2) is 54.5 Å². The number of hydrogen-bond acceptors (Lipinski definition) is 9. The van der Waals surface area contributed by atoms with Crippen molar-refractivity contribution in [1.29, 1.82) is 5.26 Å². The fraction of sp³-hybridized carbons (Fsp3) is 0.429. The lowest BCUT2D eigenvalue weighted by molar-refractivity contribution is -0.133. The Balaban J connectivity index is 1.11. The number of nitrogens with one attached hydrogen (secondary N) is 2. The van der Waals surface area contributed by atoms with Crippen LogP contribution in [0.3, 0.4) is 0 Å². The molecule has 3 aliphatic rings. The number of piperazine rings is 1. The first kappa shape index (κ1) is 26.4. The number of likely N-dealkylation sites (N-methyl/N-ethyl adjacent to an activating group) is 1. The Kier molecular flexibility index (Phi) is 7.23. The number of anilines is 2. The monoisotopic (exact) mass is 560 g/mol. The molecule has 0 bridgehead atoms. The van der Waals surface area contributed by atoms with E-state index in [1.54, 1.807) is 4.52 Å². The molecule has 0 aliphatic carbocycles. The van der Waals surface area contributed by atoms with Gasteiger partial charge in [-0.25, -0.2) is 9.94 Å². The van der Waals surface area contributed by atoms with Crippen molar-refractivity contribution < 1.29 is 4.79 Å². The number of benzene rings is 1. The average Bonchev–Trinajstić information content (AvgIpc) is 3.53. The summed E-state index contributed by atoms with van der Waals surface area (Å²) in [4.78, 5) is 23.9. The van der Waals surface area contributed by atoms with Gasteiger partial charge in [0.05, 0.1) is 24.0 Å². The molecule has 3 aliphatic heterocycles. The second-order valence-electron chi connectivity index (χ2n) is 11.0. The van der Waals surface area contributed by atoms with Crippen LogP contribution < -0.4 is 15.6 Å². The first-order valence-electron chi connectivity index (χ1n) is 13.6. The molecule has 0 spiro atoms. The molecule has 40 heavy (non-hydrogen) atoms. The van der Waals surface area contributed by atoms with Gasteiger partial charge < -0.3 is 25.0 Å². The van der Waals surface area contributed by atoms with E-state index in [9.17, 15) is 10.1 Å². The number of carbonyl (C=O) groups is 1. The molecule has 0 unspecified atom stereocenters. The van der Waals surface area contributed by atoms with E-state index in [1.165, 1.54) is 0 Å². The van der Waals surface area contributed by atoms with Gasteiger partial charge in [-0.15, -0.1) is 5.10 Å². The van der Waals surface area contributed by atoms with Gasteiger partial charge in [-0.3, -0.25) is 4.79 Å². The first-order chi connectivity index (χ1) is 19.4. The molecular formula is C28H33ClN10O. The third kappa shape index (κ3) is 5.56. The largest absolute Gasteiger partial charge is 0.367 e. The number of nitriles is 1. The predicted molar refractivity (Wildman–Crippen MR) is 154 cm³/mol. The minimum Gasteiger partial charge on any atom is -0.367 e. The lowest BCUT2D eigenvalue weighted by Gasteiger charge is -2.50. The van der Waals surface area contributed by atoms with Crippen LogP contribution in [0.2, 0.25) is 5.02 Å². The van der Waals surface area contributed by atoms with Crippen LogP contribution in [0.5, 0.6) is 0 Å². The molecule has 2 aromatic heterocycles. The number of aromatic nitrogens is 3. The van der Waals surface area contributed by atoms with Crippen molar-refractivity contribution in [3.05, 3.63) is 65.1 Å². The highest BCUT2D eigenvalue weighted by Crippen LogP contribution is 2.41. The van der Waals surface area contributed by atoms with E-state index in [0.29, 0.717) is 23.9 Å². The number of fused-ring (bicyclic) bond motifs is 1. The normalized spacial score (nSPS) is 18.9. The van der Waals surface area contributed by atoms with Crippen molar-refractivity contribution in [2.45, 2.75) is 12.8 Å². The molecule has 12 heteroatoms. The molecule has 1 amide bonds. The van der Waals surface area contributed by atoms with Gasteiger partial charge in [0, 0.05) is 68.5 Å². The van der Waals surface area contributed by atoms with Crippen LogP contribution in [-0.2, 0) is 11.2 Å². The second kappa shape index (κ2) is 11.0. The number of hydrazine groups is 1. The number of nitrogens with zero attached hydrogens (tertiary/aromatic N) is 8. The smallest absolute Gasteiger partial charge is 0.247 e. The maximum absolute atomic E-state index is 12.7. The fourth-order valence-electron chi connectivity index (χ4n) is 5.75. The van der Waals surface area contributed by atoms with Gasteiger partial charge in [0.25, 0.3) is 0 Å². The van der Waals surface area contributed by atoms with Crippen LogP contribution in [0, 0.1) is 16.7 Å². The van der Waals surface area contributed by atoms with E-state index in [-0.39, 0.29) is 17.9 Å². The van der Waals surface area contributed by atoms with E-state index < -0.39 is 0 Å². The van der Waals surface area contributed by atoms with Gasteiger partial charge in [0.2, 0.25) is 11.9 Å². The van der Waals surface area contributed by atoms with Crippen molar-refractivity contribution in [2.75, 3.05) is 69.6 Å². The molecule has 0 radical (unpaired) electrons. The Morgan fingerprint density at radius 2 is 2.02 bits per heavy atom. The number of halogens is 1. The SMILES string of the molecule is CN1CCN(C(=O)CN2C=C(Nc3nc4c(N5CC(CC#N)(Cc6cccc(Cl)c6)C5)cccn4n3)CN2)CC1. The fourth-order valence-corrected chi connectivity index (χ4v) is 5.96. The van der Waals surface area contributed by atoms with Crippen molar-refractivity contribution >= 4 is 34.8 Å². The average molecular weight is 561 g/mol. The van der Waals surface area contributed by atoms with E-state index in [2.05, 4.69) is 44.8 Å². The highest BCUT2D eigenvalue weighted by atomic mass is 35.5. The zero-order valence-corrected chi connectivity index (χ0v) is 23.3. The quantitative estimate of drug-likeness (QED) is 0.428. The Hall–Kier alpha value is -3.85. The minimum atomic E-state index is -0.126. The molecule has 0 atom stereocenters. The summed E-state index contributed by atoms with van der Waals surface area (Å²) in [5.74, 6) is 0.612. The molecule has 5 heterocycles. The van der Waals surface area contributed by atoms with Crippen molar-refractivity contribution in [2.24, 2.45) is 5.41 Å². The van der Waals surface area contributed by atoms with Gasteiger partial charge >= 0.3 is 0 Å². The standard InChI is InChI=1S/C28H33ClN10O/c1-35-10-12-36(13-11-35)25(40)18-38-17-23(16-31-38)32-27-33-26-24(6-3-9-39(26)34-27)37-19-28(20-37,7-8-30)15-21-4-2-5-22(29)14-21/h2-6,9,14,17,31H,7,10-13,15-16,18-20H2,1H3,(H,32,34). The number of pyridine rings is 1. The molecule has 2 fully saturated rings. The zero-order valence-electron chi connectivity index (χ0n) is 22.6. The first-order valence-corrected chi connectivity index (χ1v) is 13.9. The van der Waals surface area contributed by atoms with E-state index in [1.807, 2.05) is 52.6 Å². The van der Waals surface area contributed by atoms with Crippen molar-refractivity contribution in [1.82, 2.24) is 34.8 Å². The molecule has 11 nitrogen and oxygen atoms in total. The molecule has 6 rings (SSSR count). The van der Waals surface area contributed by atoms with Crippen LogP contribution in [0.4, 0.5) is 11.6 Å². The zero-order chi connectivity index (χ0) is 27.7. The summed E-state index contributed by atoms with van der Waals surface area (Å²) in [5, 5.41) is 20.0. The summed E-state index contributed by atoms with van der Waals surface area (Å²) in [6.45, 7) is 5.70. The van der Waals surface area contributed by atoms with Gasteiger partial charge in [-0.2, -0.15) is 10.2 Å². The number of amides is 1. The number of hydrogen-bond donors (Lipinski definition) is 2. The van der Waals surface area contributed by atoms with Crippen molar-refractivity contribution in [3.63, 3.8) is 0 Å². The Bertz CT molecular complexity index is 1470. The summed E-state index contributed by atoms with van der Waals surface area (Å²) >= 11 is 6.20. The van der Waals surface area contributed by atoms with Crippen LogP contribution >= 0.6 is 11.6 Å². The Morgan fingerprint density at radius 3 is 2.80 bits per heavy atom. The lowest BCUT2D eigenvalue weighted by atomic mass is 9.72. The summed E-state index contributed by atoms with van der Waals surface area (Å²) in [5.41, 5.74) is 6.90. The van der Waals surface area contributed by atoms with Crippen LogP contribution in [0.25, 0.3) is 5.65 Å². The summed E-state index contributed by atoms with van der Waals surface area (Å²) in [6.07, 6.45) is 5.07. The van der Waals surface area contributed by atoms with Gasteiger partial charge in [-0.05, 0) is 43.3 Å². The molecular weight excluding hydrogens is 528 g/mol. The highest BCUT2D eigenvalue weighted by molar-refractivity contribution is 6.30. The third-order valence-electron chi connectivity index (χ3n) is 7.88. The van der Waals surface area contributed by atoms with E-state index in [0.717, 1.165) is 68.3 Å². The number of carbonyl (C=O) groups excluding carboxylic acids is 1. The molecule has 1 aromatic carbocycles. The molecule has 2 saturated heterocycles. The Morgan fingerprint density at radius 1 is 1.20 bits per heavy atom. The third-order valence-corrected chi connectivity index (χ3v) is 8.11. The van der Waals surface area contributed by atoms with Gasteiger partial charge in [-0.1, -0.05) is 23.7 Å². The maximum Gasteiger partial charge on any atom is 0.247 e. The molecule has 3 aromatic rings. The minimum absolute atomic E-state index is 0.117. The highest BCUT2D eigenvalue weighted by Gasteiger charge is 2.43. The molecule has 2 N–H and O–H groups in total. The van der Waals surface area contributed by atoms with Gasteiger partial charge in [0.1, 0.15) is 6.54 Å². The van der Waals surface area contributed by atoms with E-state index >= 15 is 0 Å². The lowest BCUT2D eigenvalue weighted by Crippen LogP contribution is -2.57. The van der Waals surface area contributed by atoms with Crippen LogP contribution in [-0.4, -0.2) is 94.7 Å². The summed E-state index contributed by atoms with van der Waals surface area (Å²) in [6, 6.07) is 14.3. The molecule has 0 saturated carbocycles. The topological polar surface area (TPSA) is 108 Å². The Labute approximate surface area is 238 Å².